The van der Waals surface area contributed by atoms with Crippen molar-refractivity contribution in [2.75, 3.05) is 6.61 Å². The highest BCUT2D eigenvalue weighted by molar-refractivity contribution is 5.92. The number of rotatable bonds is 6. The molecular formula is C20H18F3N3O2. The van der Waals surface area contributed by atoms with Crippen molar-refractivity contribution in [1.82, 2.24) is 15.1 Å². The number of ether oxygens (including phenoxy) is 1. The molecule has 0 fully saturated rings. The molecule has 28 heavy (non-hydrogen) atoms. The summed E-state index contributed by atoms with van der Waals surface area (Å²) in [7, 11) is 0. The van der Waals surface area contributed by atoms with Crippen LogP contribution in [-0.4, -0.2) is 28.5 Å². The van der Waals surface area contributed by atoms with Crippen molar-refractivity contribution >= 4 is 5.91 Å². The number of hydrogen-bond acceptors (Lipinski definition) is 3. The summed E-state index contributed by atoms with van der Waals surface area (Å²) in [5.74, 6) is -0.285. The predicted molar refractivity (Wildman–Crippen MR) is 97.5 cm³/mol. The van der Waals surface area contributed by atoms with Crippen LogP contribution < -0.4 is 10.1 Å². The van der Waals surface area contributed by atoms with Crippen molar-refractivity contribution < 1.29 is 22.7 Å². The Morgan fingerprint density at radius 3 is 2.57 bits per heavy atom. The van der Waals surface area contributed by atoms with Crippen molar-refractivity contribution in [3.8, 4) is 11.4 Å². The summed E-state index contributed by atoms with van der Waals surface area (Å²) in [6.07, 6.45) is -4.40. The van der Waals surface area contributed by atoms with E-state index in [0.717, 1.165) is 11.4 Å². The third-order valence-electron chi connectivity index (χ3n) is 3.87. The Kier molecular flexibility index (Phi) is 5.67. The predicted octanol–water partition coefficient (Wildman–Crippen LogP) is 4.05. The summed E-state index contributed by atoms with van der Waals surface area (Å²) >= 11 is 0. The van der Waals surface area contributed by atoms with Gasteiger partial charge in [0.05, 0.1) is 5.69 Å². The van der Waals surface area contributed by atoms with Gasteiger partial charge in [-0.05, 0) is 42.8 Å². The zero-order chi connectivity index (χ0) is 20.1. The van der Waals surface area contributed by atoms with E-state index in [1.807, 2.05) is 37.3 Å². The van der Waals surface area contributed by atoms with E-state index < -0.39 is 12.8 Å². The minimum Gasteiger partial charge on any atom is -0.484 e. The summed E-state index contributed by atoms with van der Waals surface area (Å²) in [4.78, 5) is 12.4. The van der Waals surface area contributed by atoms with Crippen LogP contribution in [0.25, 0.3) is 5.69 Å². The Morgan fingerprint density at radius 2 is 1.86 bits per heavy atom. The number of nitrogens with one attached hydrogen (secondary N) is 1. The molecule has 1 amide bonds. The second-order valence-electron chi connectivity index (χ2n) is 6.15. The zero-order valence-electron chi connectivity index (χ0n) is 15.0. The van der Waals surface area contributed by atoms with E-state index in [1.165, 1.54) is 12.1 Å². The molecule has 5 nitrogen and oxygen atoms in total. The number of para-hydroxylation sites is 1. The van der Waals surface area contributed by atoms with Gasteiger partial charge in [0.2, 0.25) is 0 Å². The van der Waals surface area contributed by atoms with E-state index in [4.69, 9.17) is 4.74 Å². The highest BCUT2D eigenvalue weighted by Crippen LogP contribution is 2.19. The van der Waals surface area contributed by atoms with Crippen LogP contribution in [0.5, 0.6) is 5.75 Å². The molecule has 0 saturated heterocycles. The molecule has 0 aliphatic carbocycles. The first-order chi connectivity index (χ1) is 13.3. The van der Waals surface area contributed by atoms with Crippen LogP contribution in [0.1, 0.15) is 21.7 Å². The second kappa shape index (κ2) is 8.16. The third-order valence-corrected chi connectivity index (χ3v) is 3.87. The maximum absolute atomic E-state index is 12.4. The molecule has 0 atom stereocenters. The average molecular weight is 389 g/mol. The highest BCUT2D eigenvalue weighted by atomic mass is 19.4. The number of alkyl halides is 3. The first-order valence-electron chi connectivity index (χ1n) is 8.50. The maximum atomic E-state index is 12.4. The summed E-state index contributed by atoms with van der Waals surface area (Å²) < 4.78 is 43.1. The Bertz CT molecular complexity index is 953. The Morgan fingerprint density at radius 1 is 1.11 bits per heavy atom. The van der Waals surface area contributed by atoms with Gasteiger partial charge in [-0.25, -0.2) is 4.68 Å². The fourth-order valence-electron chi connectivity index (χ4n) is 2.60. The molecule has 146 valence electrons. The fraction of sp³-hybridized carbons (Fsp3) is 0.200. The summed E-state index contributed by atoms with van der Waals surface area (Å²) in [5, 5.41) is 7.04. The van der Waals surface area contributed by atoms with Crippen molar-refractivity contribution in [2.45, 2.75) is 19.6 Å². The SMILES string of the molecule is Cc1cc(C(=O)NCc2cccc(OCC(F)(F)F)c2)nn1-c1ccccc1. The van der Waals surface area contributed by atoms with Gasteiger partial charge in [0.25, 0.3) is 5.91 Å². The van der Waals surface area contributed by atoms with Gasteiger partial charge in [-0.1, -0.05) is 30.3 Å². The number of carbonyl (C=O) groups excluding carboxylic acids is 1. The van der Waals surface area contributed by atoms with Gasteiger partial charge in [-0.2, -0.15) is 18.3 Å². The second-order valence-corrected chi connectivity index (χ2v) is 6.15. The van der Waals surface area contributed by atoms with E-state index in [9.17, 15) is 18.0 Å². The Labute approximate surface area is 159 Å². The van der Waals surface area contributed by atoms with Crippen molar-refractivity contribution in [3.63, 3.8) is 0 Å². The number of carbonyl (C=O) groups is 1. The van der Waals surface area contributed by atoms with E-state index in [2.05, 4.69) is 10.4 Å². The summed E-state index contributed by atoms with van der Waals surface area (Å²) in [6, 6.07) is 17.2. The molecule has 1 aromatic heterocycles. The van der Waals surface area contributed by atoms with Gasteiger partial charge >= 0.3 is 6.18 Å². The van der Waals surface area contributed by atoms with Crippen LogP contribution in [-0.2, 0) is 6.54 Å². The van der Waals surface area contributed by atoms with Crippen molar-refractivity contribution in [3.05, 3.63) is 77.6 Å². The molecule has 3 rings (SSSR count). The molecule has 0 bridgehead atoms. The lowest BCUT2D eigenvalue weighted by Crippen LogP contribution is -2.23. The summed E-state index contributed by atoms with van der Waals surface area (Å²) in [6.45, 7) is 0.622. The molecular weight excluding hydrogens is 371 g/mol. The fourth-order valence-corrected chi connectivity index (χ4v) is 2.60. The molecule has 0 aliphatic heterocycles. The molecule has 3 aromatic rings. The number of amides is 1. The van der Waals surface area contributed by atoms with Crippen LogP contribution >= 0.6 is 0 Å². The first kappa shape index (κ1) is 19.5. The minimum atomic E-state index is -4.40. The zero-order valence-corrected chi connectivity index (χ0v) is 15.0. The lowest BCUT2D eigenvalue weighted by atomic mass is 10.2. The Hall–Kier alpha value is -3.29. The molecule has 8 heteroatoms. The number of nitrogens with zero attached hydrogens (tertiary/aromatic N) is 2. The van der Waals surface area contributed by atoms with Crippen molar-refractivity contribution in [2.24, 2.45) is 0 Å². The van der Waals surface area contributed by atoms with Crippen LogP contribution in [0.15, 0.2) is 60.7 Å². The van der Waals surface area contributed by atoms with E-state index in [-0.39, 0.29) is 23.9 Å². The smallest absolute Gasteiger partial charge is 0.422 e. The number of aromatic nitrogens is 2. The Balaban J connectivity index is 1.63. The van der Waals surface area contributed by atoms with Gasteiger partial charge in [-0.3, -0.25) is 4.79 Å². The van der Waals surface area contributed by atoms with Gasteiger partial charge in [0.15, 0.2) is 12.3 Å². The molecule has 1 heterocycles. The minimum absolute atomic E-state index is 0.0910. The third kappa shape index (κ3) is 5.12. The van der Waals surface area contributed by atoms with Crippen LogP contribution in [0.2, 0.25) is 0 Å². The largest absolute Gasteiger partial charge is 0.484 e. The molecule has 1 N–H and O–H groups in total. The van der Waals surface area contributed by atoms with Crippen LogP contribution in [0, 0.1) is 6.92 Å². The number of hydrogen-bond donors (Lipinski definition) is 1. The normalized spacial score (nSPS) is 11.3. The lowest BCUT2D eigenvalue weighted by molar-refractivity contribution is -0.153. The quantitative estimate of drug-likeness (QED) is 0.692. The number of aryl methyl sites for hydroxylation is 1. The molecule has 0 radical (unpaired) electrons. The van der Waals surface area contributed by atoms with Gasteiger partial charge < -0.3 is 10.1 Å². The number of halogens is 3. The topological polar surface area (TPSA) is 56.1 Å². The monoisotopic (exact) mass is 389 g/mol. The first-order valence-corrected chi connectivity index (χ1v) is 8.50. The summed E-state index contributed by atoms with van der Waals surface area (Å²) in [5.41, 5.74) is 2.52. The molecule has 0 spiro atoms. The standard InChI is InChI=1S/C20H18F3N3O2/c1-14-10-18(25-26(14)16-7-3-2-4-8-16)19(27)24-12-15-6-5-9-17(11-15)28-13-20(21,22)23/h2-11H,12-13H2,1H3,(H,24,27). The highest BCUT2D eigenvalue weighted by Gasteiger charge is 2.28. The van der Waals surface area contributed by atoms with Crippen LogP contribution in [0.3, 0.4) is 0 Å². The van der Waals surface area contributed by atoms with E-state index in [1.54, 1.807) is 22.9 Å². The van der Waals surface area contributed by atoms with Crippen molar-refractivity contribution in [1.29, 1.82) is 0 Å². The lowest BCUT2D eigenvalue weighted by Gasteiger charge is -2.10. The average Bonchev–Trinajstić information content (AvgIpc) is 3.07. The maximum Gasteiger partial charge on any atom is 0.422 e. The van der Waals surface area contributed by atoms with Gasteiger partial charge in [-0.15, -0.1) is 0 Å². The van der Waals surface area contributed by atoms with Gasteiger partial charge in [0.1, 0.15) is 5.75 Å². The number of benzene rings is 2. The van der Waals surface area contributed by atoms with E-state index >= 15 is 0 Å². The molecule has 0 saturated carbocycles. The molecule has 0 unspecified atom stereocenters. The molecule has 2 aromatic carbocycles. The van der Waals surface area contributed by atoms with Crippen LogP contribution in [0.4, 0.5) is 13.2 Å². The van der Waals surface area contributed by atoms with Gasteiger partial charge in [0, 0.05) is 12.2 Å². The van der Waals surface area contributed by atoms with E-state index in [0.29, 0.717) is 5.56 Å². The molecule has 0 aliphatic rings.